The molecule has 0 saturated heterocycles. The molecule has 5 heteroatoms. The van der Waals surface area contributed by atoms with Crippen LogP contribution in [0.3, 0.4) is 0 Å². The van der Waals surface area contributed by atoms with Crippen LogP contribution in [0.2, 0.25) is 0 Å². The molecule has 0 aromatic carbocycles. The predicted octanol–water partition coefficient (Wildman–Crippen LogP) is 2.59. The molecule has 2 aromatic rings. The Labute approximate surface area is 110 Å². The van der Waals surface area contributed by atoms with Gasteiger partial charge in [-0.1, -0.05) is 19.9 Å². The third-order valence-electron chi connectivity index (χ3n) is 2.39. The fourth-order valence-corrected chi connectivity index (χ4v) is 2.26. The zero-order valence-corrected chi connectivity index (χ0v) is 11.2. The number of aromatic nitrogens is 2. The summed E-state index contributed by atoms with van der Waals surface area (Å²) in [7, 11) is 0. The van der Waals surface area contributed by atoms with Gasteiger partial charge in [0.2, 0.25) is 0 Å². The predicted molar refractivity (Wildman–Crippen MR) is 71.6 cm³/mol. The van der Waals surface area contributed by atoms with Crippen LogP contribution in [0.1, 0.15) is 41.0 Å². The third kappa shape index (κ3) is 3.13. The summed E-state index contributed by atoms with van der Waals surface area (Å²) in [6.07, 6.45) is 1.61. The highest BCUT2D eigenvalue weighted by Crippen LogP contribution is 2.18. The van der Waals surface area contributed by atoms with Crippen LogP contribution in [0.4, 0.5) is 0 Å². The van der Waals surface area contributed by atoms with Crippen LogP contribution in [0, 0.1) is 0 Å². The maximum Gasteiger partial charge on any atom is 0.270 e. The largest absolute Gasteiger partial charge is 0.345 e. The normalized spacial score (nSPS) is 10.6. The second kappa shape index (κ2) is 5.73. The molecule has 0 aliphatic rings. The summed E-state index contributed by atoms with van der Waals surface area (Å²) < 4.78 is 0. The van der Waals surface area contributed by atoms with Gasteiger partial charge in [-0.25, -0.2) is 4.98 Å². The van der Waals surface area contributed by atoms with Gasteiger partial charge in [0.1, 0.15) is 5.69 Å². The number of thiazole rings is 1. The number of nitrogens with zero attached hydrogens (tertiary/aromatic N) is 2. The van der Waals surface area contributed by atoms with Gasteiger partial charge >= 0.3 is 0 Å². The Morgan fingerprint density at radius 3 is 2.89 bits per heavy atom. The first-order valence-electron chi connectivity index (χ1n) is 5.80. The number of carbonyl (C=O) groups is 1. The average Bonchev–Trinajstić information content (AvgIpc) is 2.86. The van der Waals surface area contributed by atoms with Crippen molar-refractivity contribution >= 4 is 17.2 Å². The minimum Gasteiger partial charge on any atom is -0.345 e. The molecule has 0 aliphatic carbocycles. The van der Waals surface area contributed by atoms with Crippen LogP contribution in [0.15, 0.2) is 29.8 Å². The number of hydrogen-bond acceptors (Lipinski definition) is 4. The van der Waals surface area contributed by atoms with Crippen molar-refractivity contribution in [1.29, 1.82) is 0 Å². The molecule has 94 valence electrons. The molecular weight excluding hydrogens is 246 g/mol. The van der Waals surface area contributed by atoms with Crippen LogP contribution in [-0.2, 0) is 6.54 Å². The summed E-state index contributed by atoms with van der Waals surface area (Å²) in [6.45, 7) is 4.66. The minimum atomic E-state index is -0.172. The van der Waals surface area contributed by atoms with E-state index in [1.165, 1.54) is 0 Å². The van der Waals surface area contributed by atoms with Gasteiger partial charge in [-0.15, -0.1) is 11.3 Å². The van der Waals surface area contributed by atoms with E-state index in [0.717, 1.165) is 10.7 Å². The van der Waals surface area contributed by atoms with Gasteiger partial charge in [-0.2, -0.15) is 0 Å². The Hall–Kier alpha value is -1.75. The molecule has 0 bridgehead atoms. The summed E-state index contributed by atoms with van der Waals surface area (Å²) in [5, 5.41) is 5.88. The van der Waals surface area contributed by atoms with Crippen molar-refractivity contribution < 1.29 is 4.79 Å². The number of pyridine rings is 1. The molecule has 0 unspecified atom stereocenters. The lowest BCUT2D eigenvalue weighted by molar-refractivity contribution is 0.0945. The van der Waals surface area contributed by atoms with Gasteiger partial charge in [-0.05, 0) is 12.1 Å². The number of hydrogen-bond donors (Lipinski definition) is 1. The molecule has 0 fully saturated rings. The molecule has 1 amide bonds. The van der Waals surface area contributed by atoms with E-state index in [-0.39, 0.29) is 5.91 Å². The average molecular weight is 261 g/mol. The smallest absolute Gasteiger partial charge is 0.270 e. The summed E-state index contributed by atoms with van der Waals surface area (Å²) in [5.74, 6) is 0.255. The summed E-state index contributed by atoms with van der Waals surface area (Å²) in [6, 6.07) is 5.27. The summed E-state index contributed by atoms with van der Waals surface area (Å²) in [5.41, 5.74) is 1.32. The fourth-order valence-electron chi connectivity index (χ4n) is 1.43. The lowest BCUT2D eigenvalue weighted by atomic mass is 10.2. The molecule has 0 atom stereocenters. The van der Waals surface area contributed by atoms with E-state index in [2.05, 4.69) is 29.1 Å². The third-order valence-corrected chi connectivity index (χ3v) is 3.59. The molecule has 2 rings (SSSR count). The first-order chi connectivity index (χ1) is 8.66. The van der Waals surface area contributed by atoms with E-state index in [9.17, 15) is 4.79 Å². The zero-order valence-electron chi connectivity index (χ0n) is 10.4. The fraction of sp³-hybridized carbons (Fsp3) is 0.308. The van der Waals surface area contributed by atoms with E-state index < -0.39 is 0 Å². The number of carbonyl (C=O) groups excluding carboxylic acids is 1. The molecule has 2 heterocycles. The molecule has 4 nitrogen and oxygen atoms in total. The molecule has 18 heavy (non-hydrogen) atoms. The van der Waals surface area contributed by atoms with Gasteiger partial charge < -0.3 is 5.32 Å². The first-order valence-corrected chi connectivity index (χ1v) is 6.68. The van der Waals surface area contributed by atoms with Gasteiger partial charge in [0.15, 0.2) is 0 Å². The van der Waals surface area contributed by atoms with Gasteiger partial charge in [-0.3, -0.25) is 9.78 Å². The highest BCUT2D eigenvalue weighted by atomic mass is 32.1. The van der Waals surface area contributed by atoms with Crippen molar-refractivity contribution in [2.45, 2.75) is 26.3 Å². The van der Waals surface area contributed by atoms with Crippen LogP contribution >= 0.6 is 11.3 Å². The van der Waals surface area contributed by atoms with Gasteiger partial charge in [0.05, 0.1) is 17.2 Å². The van der Waals surface area contributed by atoms with Crippen molar-refractivity contribution in [2.75, 3.05) is 0 Å². The van der Waals surface area contributed by atoms with E-state index >= 15 is 0 Å². The number of amides is 1. The van der Waals surface area contributed by atoms with Crippen molar-refractivity contribution in [2.24, 2.45) is 0 Å². The quantitative estimate of drug-likeness (QED) is 0.920. The Kier molecular flexibility index (Phi) is 4.04. The standard InChI is InChI=1S/C13H15N3OS/c1-9(2)13-16-10(8-18-13)7-15-12(17)11-5-3-4-6-14-11/h3-6,8-9H,7H2,1-2H3,(H,15,17). The molecule has 0 spiro atoms. The van der Waals surface area contributed by atoms with Crippen LogP contribution in [0.25, 0.3) is 0 Å². The Balaban J connectivity index is 1.93. The molecule has 2 aromatic heterocycles. The van der Waals surface area contributed by atoms with Crippen molar-refractivity contribution in [1.82, 2.24) is 15.3 Å². The molecular formula is C13H15N3OS. The second-order valence-corrected chi connectivity index (χ2v) is 5.12. The van der Waals surface area contributed by atoms with E-state index in [4.69, 9.17) is 0 Å². The molecule has 0 radical (unpaired) electrons. The summed E-state index contributed by atoms with van der Waals surface area (Å²) >= 11 is 1.63. The van der Waals surface area contributed by atoms with Crippen LogP contribution < -0.4 is 5.32 Å². The SMILES string of the molecule is CC(C)c1nc(CNC(=O)c2ccccn2)cs1. The topological polar surface area (TPSA) is 54.9 Å². The highest BCUT2D eigenvalue weighted by molar-refractivity contribution is 7.09. The minimum absolute atomic E-state index is 0.172. The lowest BCUT2D eigenvalue weighted by Crippen LogP contribution is -2.23. The number of rotatable bonds is 4. The monoisotopic (exact) mass is 261 g/mol. The Bertz CT molecular complexity index is 522. The van der Waals surface area contributed by atoms with Crippen molar-refractivity contribution in [3.8, 4) is 0 Å². The van der Waals surface area contributed by atoms with E-state index in [1.807, 2.05) is 5.38 Å². The Morgan fingerprint density at radius 2 is 2.28 bits per heavy atom. The van der Waals surface area contributed by atoms with Gasteiger partial charge in [0.25, 0.3) is 5.91 Å². The lowest BCUT2D eigenvalue weighted by Gasteiger charge is -2.02. The Morgan fingerprint density at radius 1 is 1.44 bits per heavy atom. The number of nitrogens with one attached hydrogen (secondary N) is 1. The van der Waals surface area contributed by atoms with Crippen molar-refractivity contribution in [3.63, 3.8) is 0 Å². The van der Waals surface area contributed by atoms with Crippen LogP contribution in [-0.4, -0.2) is 15.9 Å². The maximum atomic E-state index is 11.8. The summed E-state index contributed by atoms with van der Waals surface area (Å²) in [4.78, 5) is 20.2. The molecule has 0 aliphatic heterocycles. The van der Waals surface area contributed by atoms with E-state index in [1.54, 1.807) is 35.7 Å². The second-order valence-electron chi connectivity index (χ2n) is 4.23. The first kappa shape index (κ1) is 12.7. The zero-order chi connectivity index (χ0) is 13.0. The molecule has 1 N–H and O–H groups in total. The molecule has 0 saturated carbocycles. The van der Waals surface area contributed by atoms with E-state index in [0.29, 0.717) is 18.2 Å². The van der Waals surface area contributed by atoms with Crippen LogP contribution in [0.5, 0.6) is 0 Å². The van der Waals surface area contributed by atoms with Gasteiger partial charge in [0, 0.05) is 17.5 Å². The highest BCUT2D eigenvalue weighted by Gasteiger charge is 2.08. The van der Waals surface area contributed by atoms with Crippen molar-refractivity contribution in [3.05, 3.63) is 46.2 Å². The maximum absolute atomic E-state index is 11.8.